The lowest BCUT2D eigenvalue weighted by Crippen LogP contribution is -1.92. The van der Waals surface area contributed by atoms with Crippen molar-refractivity contribution in [2.45, 2.75) is 0 Å². The third kappa shape index (κ3) is 2.74. The van der Waals surface area contributed by atoms with Crippen LogP contribution in [0.2, 0.25) is 0 Å². The molecule has 4 heteroatoms. The van der Waals surface area contributed by atoms with Crippen molar-refractivity contribution in [2.24, 2.45) is 0 Å². The lowest BCUT2D eigenvalue weighted by atomic mass is 10.1. The molecule has 2 nitrogen and oxygen atoms in total. The van der Waals surface area contributed by atoms with Crippen molar-refractivity contribution in [2.75, 3.05) is 14.2 Å². The predicted molar refractivity (Wildman–Crippen MR) is 90.4 cm³/mol. The SMILES string of the molecule is COc1ccc(-c2ccc(OC)c(I)c2I)cc1. The number of hydrogen-bond acceptors (Lipinski definition) is 2. The highest BCUT2D eigenvalue weighted by Crippen LogP contribution is 2.34. The zero-order chi connectivity index (χ0) is 13.1. The van der Waals surface area contributed by atoms with Crippen LogP contribution in [0.15, 0.2) is 36.4 Å². The van der Waals surface area contributed by atoms with Gasteiger partial charge in [0.15, 0.2) is 0 Å². The van der Waals surface area contributed by atoms with E-state index in [0.717, 1.165) is 15.1 Å². The molecule has 0 saturated carbocycles. The second-order valence-electron chi connectivity index (χ2n) is 3.67. The zero-order valence-electron chi connectivity index (χ0n) is 10.0. The molecule has 0 spiro atoms. The first-order valence-corrected chi connectivity index (χ1v) is 7.49. The molecule has 0 bridgehead atoms. The number of ether oxygens (including phenoxy) is 2. The Morgan fingerprint density at radius 1 is 0.778 bits per heavy atom. The summed E-state index contributed by atoms with van der Waals surface area (Å²) in [5.74, 6) is 1.79. The molecule has 0 heterocycles. The number of methoxy groups -OCH3 is 2. The second-order valence-corrected chi connectivity index (χ2v) is 5.83. The zero-order valence-corrected chi connectivity index (χ0v) is 14.4. The maximum absolute atomic E-state index is 5.32. The fraction of sp³-hybridized carbons (Fsp3) is 0.143. The summed E-state index contributed by atoms with van der Waals surface area (Å²) in [7, 11) is 3.37. The molecule has 94 valence electrons. The van der Waals surface area contributed by atoms with Gasteiger partial charge in [-0.15, -0.1) is 0 Å². The fourth-order valence-corrected chi connectivity index (χ4v) is 3.13. The molecule has 0 radical (unpaired) electrons. The van der Waals surface area contributed by atoms with Crippen LogP contribution >= 0.6 is 45.2 Å². The average Bonchev–Trinajstić information content (AvgIpc) is 2.42. The van der Waals surface area contributed by atoms with E-state index in [0.29, 0.717) is 0 Å². The molecular formula is C14H12I2O2. The monoisotopic (exact) mass is 466 g/mol. The molecule has 0 aliphatic heterocycles. The van der Waals surface area contributed by atoms with E-state index < -0.39 is 0 Å². The topological polar surface area (TPSA) is 18.5 Å². The normalized spacial score (nSPS) is 10.2. The Morgan fingerprint density at radius 2 is 1.44 bits per heavy atom. The minimum Gasteiger partial charge on any atom is -0.497 e. The van der Waals surface area contributed by atoms with Gasteiger partial charge in [-0.3, -0.25) is 0 Å². The van der Waals surface area contributed by atoms with Crippen LogP contribution in [-0.2, 0) is 0 Å². The Morgan fingerprint density at radius 3 is 2.00 bits per heavy atom. The Labute approximate surface area is 134 Å². The van der Waals surface area contributed by atoms with Crippen molar-refractivity contribution in [3.8, 4) is 22.6 Å². The van der Waals surface area contributed by atoms with E-state index in [-0.39, 0.29) is 0 Å². The average molecular weight is 466 g/mol. The highest BCUT2D eigenvalue weighted by Gasteiger charge is 2.10. The molecule has 0 fully saturated rings. The van der Waals surface area contributed by atoms with E-state index in [1.54, 1.807) is 14.2 Å². The summed E-state index contributed by atoms with van der Waals surface area (Å²) in [5, 5.41) is 0. The lowest BCUT2D eigenvalue weighted by Gasteiger charge is -2.11. The first-order chi connectivity index (χ1) is 8.67. The van der Waals surface area contributed by atoms with E-state index >= 15 is 0 Å². The summed E-state index contributed by atoms with van der Waals surface area (Å²) in [6, 6.07) is 12.2. The van der Waals surface area contributed by atoms with E-state index in [1.807, 2.05) is 18.2 Å². The highest BCUT2D eigenvalue weighted by atomic mass is 127. The van der Waals surface area contributed by atoms with Crippen LogP contribution in [0.4, 0.5) is 0 Å². The summed E-state index contributed by atoms with van der Waals surface area (Å²) in [6.07, 6.45) is 0. The van der Waals surface area contributed by atoms with Crippen LogP contribution in [0.1, 0.15) is 0 Å². The molecule has 0 aromatic heterocycles. The minimum atomic E-state index is 0.872. The summed E-state index contributed by atoms with van der Waals surface area (Å²) >= 11 is 4.67. The van der Waals surface area contributed by atoms with Gasteiger partial charge in [-0.25, -0.2) is 0 Å². The molecule has 0 N–H and O–H groups in total. The molecule has 0 aliphatic rings. The van der Waals surface area contributed by atoms with Crippen molar-refractivity contribution in [1.82, 2.24) is 0 Å². The Bertz CT molecular complexity index is 550. The summed E-state index contributed by atoms with van der Waals surface area (Å²) < 4.78 is 12.8. The van der Waals surface area contributed by atoms with Gasteiger partial charge in [0.05, 0.1) is 17.8 Å². The van der Waals surface area contributed by atoms with Crippen LogP contribution in [0.25, 0.3) is 11.1 Å². The van der Waals surface area contributed by atoms with Gasteiger partial charge in [-0.1, -0.05) is 12.1 Å². The van der Waals surface area contributed by atoms with Gasteiger partial charge in [-0.2, -0.15) is 0 Å². The molecule has 0 aliphatic carbocycles. The maximum Gasteiger partial charge on any atom is 0.133 e. The molecule has 2 aromatic rings. The van der Waals surface area contributed by atoms with Gasteiger partial charge < -0.3 is 9.47 Å². The van der Waals surface area contributed by atoms with Crippen molar-refractivity contribution in [1.29, 1.82) is 0 Å². The Hall–Kier alpha value is -0.500. The molecule has 0 unspecified atom stereocenters. The van der Waals surface area contributed by atoms with E-state index in [4.69, 9.17) is 9.47 Å². The molecule has 0 saturated heterocycles. The smallest absolute Gasteiger partial charge is 0.133 e. The van der Waals surface area contributed by atoms with E-state index in [1.165, 1.54) is 14.7 Å². The number of hydrogen-bond donors (Lipinski definition) is 0. The molecule has 0 amide bonds. The number of halogens is 2. The molecule has 2 rings (SSSR count). The van der Waals surface area contributed by atoms with Crippen LogP contribution in [-0.4, -0.2) is 14.2 Å². The predicted octanol–water partition coefficient (Wildman–Crippen LogP) is 4.58. The van der Waals surface area contributed by atoms with Gasteiger partial charge in [-0.05, 0) is 80.6 Å². The number of benzene rings is 2. The quantitative estimate of drug-likeness (QED) is 0.618. The van der Waals surface area contributed by atoms with E-state index in [9.17, 15) is 0 Å². The van der Waals surface area contributed by atoms with Crippen LogP contribution in [0.5, 0.6) is 11.5 Å². The first kappa shape index (κ1) is 13.9. The maximum atomic E-state index is 5.32. The Kier molecular flexibility index (Phi) is 4.71. The fourth-order valence-electron chi connectivity index (χ4n) is 1.68. The summed E-state index contributed by atoms with van der Waals surface area (Å²) in [5.41, 5.74) is 2.39. The molecule has 2 aromatic carbocycles. The molecular weight excluding hydrogens is 454 g/mol. The van der Waals surface area contributed by atoms with Gasteiger partial charge in [0.25, 0.3) is 0 Å². The molecule has 0 atom stereocenters. The van der Waals surface area contributed by atoms with Gasteiger partial charge in [0.2, 0.25) is 0 Å². The van der Waals surface area contributed by atoms with Crippen LogP contribution < -0.4 is 9.47 Å². The highest BCUT2D eigenvalue weighted by molar-refractivity contribution is 14.1. The minimum absolute atomic E-state index is 0.872. The lowest BCUT2D eigenvalue weighted by molar-refractivity contribution is 0.411. The summed E-state index contributed by atoms with van der Waals surface area (Å²) in [4.78, 5) is 0. The van der Waals surface area contributed by atoms with Crippen LogP contribution in [0.3, 0.4) is 0 Å². The van der Waals surface area contributed by atoms with Crippen molar-refractivity contribution in [3.63, 3.8) is 0 Å². The summed E-state index contributed by atoms with van der Waals surface area (Å²) in [6.45, 7) is 0. The molecule has 18 heavy (non-hydrogen) atoms. The standard InChI is InChI=1S/C14H12I2O2/c1-17-10-5-3-9(4-6-10)11-7-8-12(18-2)14(16)13(11)15/h3-8H,1-2H3. The van der Waals surface area contributed by atoms with Gasteiger partial charge in [0.1, 0.15) is 11.5 Å². The largest absolute Gasteiger partial charge is 0.497 e. The first-order valence-electron chi connectivity index (χ1n) is 5.33. The number of rotatable bonds is 3. The van der Waals surface area contributed by atoms with Crippen molar-refractivity contribution < 1.29 is 9.47 Å². The van der Waals surface area contributed by atoms with Crippen molar-refractivity contribution >= 4 is 45.2 Å². The van der Waals surface area contributed by atoms with E-state index in [2.05, 4.69) is 63.4 Å². The third-order valence-electron chi connectivity index (χ3n) is 2.67. The Balaban J connectivity index is 2.47. The van der Waals surface area contributed by atoms with Gasteiger partial charge in [0, 0.05) is 3.57 Å². The van der Waals surface area contributed by atoms with Crippen LogP contribution in [0, 0.1) is 7.14 Å². The van der Waals surface area contributed by atoms with Gasteiger partial charge >= 0.3 is 0 Å². The van der Waals surface area contributed by atoms with Crippen molar-refractivity contribution in [3.05, 3.63) is 43.5 Å². The second kappa shape index (κ2) is 6.10. The third-order valence-corrected chi connectivity index (χ3v) is 5.89.